The van der Waals surface area contributed by atoms with E-state index in [9.17, 15) is 13.2 Å². The molecule has 130 valence electrons. The molecule has 1 fully saturated rings. The Morgan fingerprint density at radius 1 is 1.39 bits per heavy atom. The maximum Gasteiger partial charge on any atom is 0.317 e. The average molecular weight is 359 g/mol. The van der Waals surface area contributed by atoms with Crippen LogP contribution in [0.5, 0.6) is 0 Å². The van der Waals surface area contributed by atoms with Crippen LogP contribution in [0.4, 0.5) is 4.79 Å². The van der Waals surface area contributed by atoms with Crippen molar-refractivity contribution in [2.75, 3.05) is 25.4 Å². The number of nitrogens with one attached hydrogen (secondary N) is 1. The number of hydrogen-bond donors (Lipinski definition) is 1. The van der Waals surface area contributed by atoms with Crippen LogP contribution in [0.1, 0.15) is 38.5 Å². The van der Waals surface area contributed by atoms with Crippen molar-refractivity contribution < 1.29 is 13.2 Å². The molecule has 0 unspecified atom stereocenters. The molecule has 2 amide bonds. The van der Waals surface area contributed by atoms with Crippen molar-refractivity contribution >= 4 is 27.2 Å². The Kier molecular flexibility index (Phi) is 5.73. The van der Waals surface area contributed by atoms with Crippen LogP contribution in [0.2, 0.25) is 0 Å². The summed E-state index contributed by atoms with van der Waals surface area (Å²) < 4.78 is 23.8. The monoisotopic (exact) mass is 358 g/mol. The van der Waals surface area contributed by atoms with E-state index in [0.717, 1.165) is 0 Å². The molecule has 0 bridgehead atoms. The summed E-state index contributed by atoms with van der Waals surface area (Å²) in [6.45, 7) is 7.49. The Morgan fingerprint density at radius 3 is 2.57 bits per heavy atom. The number of nitrogens with zero attached hydrogens (tertiary/aromatic N) is 1. The predicted octanol–water partition coefficient (Wildman–Crippen LogP) is 2.63. The molecule has 0 radical (unpaired) electrons. The van der Waals surface area contributed by atoms with E-state index in [0.29, 0.717) is 32.5 Å². The summed E-state index contributed by atoms with van der Waals surface area (Å²) >= 11 is 1.69. The lowest BCUT2D eigenvalue weighted by Gasteiger charge is -2.33. The molecule has 23 heavy (non-hydrogen) atoms. The number of thiophene rings is 1. The number of sulfone groups is 1. The lowest BCUT2D eigenvalue weighted by Crippen LogP contribution is -2.49. The quantitative estimate of drug-likeness (QED) is 0.880. The van der Waals surface area contributed by atoms with Gasteiger partial charge in [-0.15, -0.1) is 11.3 Å². The number of carbonyl (C=O) groups is 1. The highest BCUT2D eigenvalue weighted by atomic mass is 32.2. The molecule has 0 aliphatic carbocycles. The Labute approximate surface area is 143 Å². The number of carbonyl (C=O) groups excluding carboxylic acids is 1. The van der Waals surface area contributed by atoms with Crippen LogP contribution in [0.15, 0.2) is 17.5 Å². The summed E-state index contributed by atoms with van der Waals surface area (Å²) in [5, 5.41) is 4.74. The van der Waals surface area contributed by atoms with Crippen LogP contribution < -0.4 is 5.32 Å². The third-order valence-electron chi connectivity index (χ3n) is 4.51. The topological polar surface area (TPSA) is 66.5 Å². The molecule has 2 rings (SSSR count). The normalized spacial score (nSPS) is 17.3. The summed E-state index contributed by atoms with van der Waals surface area (Å²) in [4.78, 5) is 15.3. The maximum absolute atomic E-state index is 12.3. The summed E-state index contributed by atoms with van der Waals surface area (Å²) in [5.41, 5.74) is -0.103. The Balaban J connectivity index is 1.84. The highest BCUT2D eigenvalue weighted by Crippen LogP contribution is 2.26. The first-order valence-electron chi connectivity index (χ1n) is 8.04. The lowest BCUT2D eigenvalue weighted by molar-refractivity contribution is 0.184. The highest BCUT2D eigenvalue weighted by Gasteiger charge is 2.31. The summed E-state index contributed by atoms with van der Waals surface area (Å²) in [7, 11) is -2.99. The zero-order chi connectivity index (χ0) is 17.1. The summed E-state index contributed by atoms with van der Waals surface area (Å²) in [6, 6.07) is 4.00. The number of urea groups is 1. The van der Waals surface area contributed by atoms with E-state index in [4.69, 9.17) is 0 Å². The predicted molar refractivity (Wildman–Crippen MR) is 94.8 cm³/mol. The SMILES string of the molecule is CCS(=O)(=O)C1CCN(C(=O)NCC(C)(C)c2cccs2)CC1. The van der Waals surface area contributed by atoms with Gasteiger partial charge < -0.3 is 10.2 Å². The number of piperidine rings is 1. The van der Waals surface area contributed by atoms with Gasteiger partial charge >= 0.3 is 6.03 Å². The lowest BCUT2D eigenvalue weighted by atomic mass is 9.91. The van der Waals surface area contributed by atoms with E-state index in [2.05, 4.69) is 25.2 Å². The first kappa shape index (κ1) is 18.3. The first-order chi connectivity index (χ1) is 10.8. The summed E-state index contributed by atoms with van der Waals surface area (Å²) in [5.74, 6) is 0.179. The Hall–Kier alpha value is -1.08. The molecule has 5 nitrogen and oxygen atoms in total. The second kappa shape index (κ2) is 7.21. The number of amides is 2. The number of hydrogen-bond acceptors (Lipinski definition) is 4. The zero-order valence-electron chi connectivity index (χ0n) is 14.0. The molecule has 1 aromatic rings. The third kappa shape index (κ3) is 4.47. The van der Waals surface area contributed by atoms with E-state index in [1.165, 1.54) is 4.88 Å². The van der Waals surface area contributed by atoms with E-state index < -0.39 is 9.84 Å². The van der Waals surface area contributed by atoms with Gasteiger partial charge in [0.05, 0.1) is 5.25 Å². The molecule has 0 aromatic carbocycles. The molecule has 1 aromatic heterocycles. The molecule has 1 aliphatic rings. The minimum absolute atomic E-state index is 0.0954. The van der Waals surface area contributed by atoms with E-state index in [-0.39, 0.29) is 22.4 Å². The van der Waals surface area contributed by atoms with Crippen molar-refractivity contribution in [1.82, 2.24) is 10.2 Å². The van der Waals surface area contributed by atoms with Crippen LogP contribution in [0, 0.1) is 0 Å². The molecule has 2 heterocycles. The third-order valence-corrected chi connectivity index (χ3v) is 8.04. The van der Waals surface area contributed by atoms with Crippen LogP contribution in [-0.2, 0) is 15.3 Å². The van der Waals surface area contributed by atoms with Crippen molar-refractivity contribution in [3.63, 3.8) is 0 Å². The van der Waals surface area contributed by atoms with Crippen molar-refractivity contribution in [3.05, 3.63) is 22.4 Å². The van der Waals surface area contributed by atoms with Crippen molar-refractivity contribution in [1.29, 1.82) is 0 Å². The standard InChI is InChI=1S/C16H26N2O3S2/c1-4-23(20,21)13-7-9-18(10-8-13)15(19)17-12-16(2,3)14-6-5-11-22-14/h5-6,11,13H,4,7-10,12H2,1-3H3,(H,17,19). The van der Waals surface area contributed by atoms with Crippen molar-refractivity contribution in [3.8, 4) is 0 Å². The minimum Gasteiger partial charge on any atom is -0.337 e. The van der Waals surface area contributed by atoms with E-state index in [1.807, 2.05) is 11.4 Å². The van der Waals surface area contributed by atoms with Gasteiger partial charge in [-0.25, -0.2) is 13.2 Å². The van der Waals surface area contributed by atoms with Crippen LogP contribution >= 0.6 is 11.3 Å². The Bertz CT molecular complexity index is 616. The first-order valence-corrected chi connectivity index (χ1v) is 10.6. The van der Waals surface area contributed by atoms with Gasteiger partial charge in [0.1, 0.15) is 0 Å². The van der Waals surface area contributed by atoms with Gasteiger partial charge in [0, 0.05) is 35.7 Å². The maximum atomic E-state index is 12.3. The molecule has 0 saturated carbocycles. The molecule has 0 spiro atoms. The Morgan fingerprint density at radius 2 is 2.04 bits per heavy atom. The fraction of sp³-hybridized carbons (Fsp3) is 0.688. The number of likely N-dealkylation sites (tertiary alicyclic amines) is 1. The molecular weight excluding hydrogens is 332 g/mol. The molecule has 1 N–H and O–H groups in total. The molecule has 0 atom stereocenters. The average Bonchev–Trinajstić information content (AvgIpc) is 3.08. The van der Waals surface area contributed by atoms with Gasteiger partial charge in [-0.1, -0.05) is 26.8 Å². The van der Waals surface area contributed by atoms with Gasteiger partial charge in [0.25, 0.3) is 0 Å². The van der Waals surface area contributed by atoms with Gasteiger partial charge in [-0.05, 0) is 24.3 Å². The molecule has 1 saturated heterocycles. The van der Waals surface area contributed by atoms with Gasteiger partial charge in [0.2, 0.25) is 0 Å². The smallest absolute Gasteiger partial charge is 0.317 e. The molecule has 7 heteroatoms. The fourth-order valence-corrected chi connectivity index (χ4v) is 5.07. The second-order valence-corrected chi connectivity index (χ2v) is 10.2. The fourth-order valence-electron chi connectivity index (χ4n) is 2.81. The second-order valence-electron chi connectivity index (χ2n) is 6.66. The minimum atomic E-state index is -2.99. The van der Waals surface area contributed by atoms with Crippen LogP contribution in [0.25, 0.3) is 0 Å². The van der Waals surface area contributed by atoms with E-state index in [1.54, 1.807) is 23.2 Å². The number of rotatable bonds is 5. The van der Waals surface area contributed by atoms with Gasteiger partial charge in [0.15, 0.2) is 9.84 Å². The summed E-state index contributed by atoms with van der Waals surface area (Å²) in [6.07, 6.45) is 1.08. The van der Waals surface area contributed by atoms with E-state index >= 15 is 0 Å². The van der Waals surface area contributed by atoms with Crippen LogP contribution in [-0.4, -0.2) is 50.0 Å². The van der Waals surface area contributed by atoms with Crippen molar-refractivity contribution in [2.24, 2.45) is 0 Å². The van der Waals surface area contributed by atoms with Crippen molar-refractivity contribution in [2.45, 2.75) is 44.3 Å². The highest BCUT2D eigenvalue weighted by molar-refractivity contribution is 7.92. The zero-order valence-corrected chi connectivity index (χ0v) is 15.7. The van der Waals surface area contributed by atoms with Gasteiger partial charge in [-0.2, -0.15) is 0 Å². The van der Waals surface area contributed by atoms with Gasteiger partial charge in [-0.3, -0.25) is 0 Å². The van der Waals surface area contributed by atoms with Crippen LogP contribution in [0.3, 0.4) is 0 Å². The molecular formula is C16H26N2O3S2. The molecule has 1 aliphatic heterocycles. The largest absolute Gasteiger partial charge is 0.337 e.